The molecular weight excluding hydrogens is 320 g/mol. The number of carbonyl (C=O) groups excluding carboxylic acids is 1. The second-order valence-electron chi connectivity index (χ2n) is 5.47. The van der Waals surface area contributed by atoms with Crippen LogP contribution in [-0.2, 0) is 0 Å². The van der Waals surface area contributed by atoms with Gasteiger partial charge in [0.2, 0.25) is 5.82 Å². The van der Waals surface area contributed by atoms with E-state index in [1.807, 2.05) is 54.6 Å². The quantitative estimate of drug-likeness (QED) is 0.714. The molecule has 1 N–H and O–H groups in total. The average molecular weight is 338 g/mol. The van der Waals surface area contributed by atoms with Crippen LogP contribution in [-0.4, -0.2) is 25.9 Å². The smallest absolute Gasteiger partial charge is 0.295 e. The molecule has 3 aromatic rings. The van der Waals surface area contributed by atoms with Crippen molar-refractivity contribution in [1.29, 1.82) is 0 Å². The van der Waals surface area contributed by atoms with E-state index < -0.39 is 0 Å². The Bertz CT molecular complexity index is 830. The largest absolute Gasteiger partial charge is 0.318 e. The van der Waals surface area contributed by atoms with E-state index in [0.29, 0.717) is 5.25 Å². The van der Waals surface area contributed by atoms with Crippen LogP contribution in [0.4, 0.5) is 5.69 Å². The lowest BCUT2D eigenvalue weighted by molar-refractivity contribution is 0.101. The van der Waals surface area contributed by atoms with Crippen LogP contribution in [0.2, 0.25) is 0 Å². The highest BCUT2D eigenvalue weighted by Crippen LogP contribution is 2.30. The van der Waals surface area contributed by atoms with Gasteiger partial charge in [-0.25, -0.2) is 9.67 Å². The summed E-state index contributed by atoms with van der Waals surface area (Å²) in [5.41, 5.74) is 1.64. The van der Waals surface area contributed by atoms with E-state index >= 15 is 0 Å². The van der Waals surface area contributed by atoms with Crippen LogP contribution in [0.3, 0.4) is 0 Å². The lowest BCUT2D eigenvalue weighted by Crippen LogP contribution is -2.15. The molecule has 0 saturated heterocycles. The number of benzene rings is 2. The Hall–Kier alpha value is -2.60. The molecule has 1 amide bonds. The predicted octanol–water partition coefficient (Wildman–Crippen LogP) is 4.02. The van der Waals surface area contributed by atoms with Gasteiger partial charge in [0.05, 0.1) is 11.4 Å². The zero-order valence-electron chi connectivity index (χ0n) is 13.5. The van der Waals surface area contributed by atoms with Gasteiger partial charge in [-0.1, -0.05) is 44.2 Å². The van der Waals surface area contributed by atoms with Gasteiger partial charge in [-0.3, -0.25) is 4.79 Å². The number of amides is 1. The van der Waals surface area contributed by atoms with Crippen LogP contribution >= 0.6 is 11.8 Å². The lowest BCUT2D eigenvalue weighted by Gasteiger charge is -2.11. The molecule has 1 aromatic heterocycles. The van der Waals surface area contributed by atoms with E-state index in [1.165, 1.54) is 0 Å². The molecule has 0 bridgehead atoms. The summed E-state index contributed by atoms with van der Waals surface area (Å²) in [6.07, 6.45) is 1.54. The molecule has 24 heavy (non-hydrogen) atoms. The molecule has 0 aliphatic heterocycles. The van der Waals surface area contributed by atoms with E-state index in [4.69, 9.17) is 0 Å². The van der Waals surface area contributed by atoms with Gasteiger partial charge in [0.25, 0.3) is 5.91 Å². The first-order chi connectivity index (χ1) is 11.6. The second-order valence-corrected chi connectivity index (χ2v) is 7.08. The van der Waals surface area contributed by atoms with Crippen molar-refractivity contribution in [2.24, 2.45) is 0 Å². The Balaban J connectivity index is 1.78. The van der Waals surface area contributed by atoms with Crippen LogP contribution < -0.4 is 5.32 Å². The first kappa shape index (κ1) is 16.3. The maximum atomic E-state index is 12.4. The van der Waals surface area contributed by atoms with Crippen LogP contribution in [0, 0.1) is 0 Å². The van der Waals surface area contributed by atoms with E-state index in [9.17, 15) is 4.79 Å². The Labute approximate surface area is 145 Å². The fourth-order valence-electron chi connectivity index (χ4n) is 2.18. The van der Waals surface area contributed by atoms with Gasteiger partial charge in [-0.15, -0.1) is 16.9 Å². The summed E-state index contributed by atoms with van der Waals surface area (Å²) in [7, 11) is 0. The van der Waals surface area contributed by atoms with Crippen molar-refractivity contribution in [2.75, 3.05) is 5.32 Å². The minimum atomic E-state index is -0.318. The van der Waals surface area contributed by atoms with Crippen LogP contribution in [0.5, 0.6) is 0 Å². The van der Waals surface area contributed by atoms with Crippen LogP contribution in [0.1, 0.15) is 24.5 Å². The van der Waals surface area contributed by atoms with Crippen molar-refractivity contribution in [3.8, 4) is 5.69 Å². The molecule has 6 heteroatoms. The summed E-state index contributed by atoms with van der Waals surface area (Å²) < 4.78 is 1.59. The molecule has 2 aromatic carbocycles. The SMILES string of the molecule is CC(C)Sc1ccccc1NC(=O)c1ncn(-c2ccccc2)n1. The van der Waals surface area contributed by atoms with Crippen molar-refractivity contribution >= 4 is 23.4 Å². The number of para-hydroxylation sites is 2. The maximum absolute atomic E-state index is 12.4. The highest BCUT2D eigenvalue weighted by atomic mass is 32.2. The molecule has 122 valence electrons. The molecule has 0 aliphatic rings. The number of thioether (sulfide) groups is 1. The summed E-state index contributed by atoms with van der Waals surface area (Å²) >= 11 is 1.70. The Morgan fingerprint density at radius 2 is 1.79 bits per heavy atom. The number of hydrogen-bond acceptors (Lipinski definition) is 4. The highest BCUT2D eigenvalue weighted by Gasteiger charge is 2.14. The molecule has 0 saturated carbocycles. The zero-order valence-corrected chi connectivity index (χ0v) is 14.3. The molecule has 0 atom stereocenters. The number of aromatic nitrogens is 3. The van der Waals surface area contributed by atoms with Crippen molar-refractivity contribution in [2.45, 2.75) is 24.0 Å². The summed E-state index contributed by atoms with van der Waals surface area (Å²) in [5.74, 6) is -0.176. The minimum Gasteiger partial charge on any atom is -0.318 e. The van der Waals surface area contributed by atoms with Gasteiger partial charge >= 0.3 is 0 Å². The average Bonchev–Trinajstić information content (AvgIpc) is 3.07. The number of anilines is 1. The number of rotatable bonds is 5. The van der Waals surface area contributed by atoms with Gasteiger partial charge in [0, 0.05) is 10.1 Å². The number of nitrogens with zero attached hydrogens (tertiary/aromatic N) is 3. The van der Waals surface area contributed by atoms with Crippen molar-refractivity contribution in [3.05, 3.63) is 66.7 Å². The van der Waals surface area contributed by atoms with E-state index in [1.54, 1.807) is 22.8 Å². The van der Waals surface area contributed by atoms with Crippen molar-refractivity contribution in [3.63, 3.8) is 0 Å². The summed E-state index contributed by atoms with van der Waals surface area (Å²) in [5, 5.41) is 7.58. The maximum Gasteiger partial charge on any atom is 0.295 e. The van der Waals surface area contributed by atoms with E-state index in [2.05, 4.69) is 29.2 Å². The Morgan fingerprint density at radius 1 is 1.08 bits per heavy atom. The molecule has 5 nitrogen and oxygen atoms in total. The van der Waals surface area contributed by atoms with Crippen molar-refractivity contribution in [1.82, 2.24) is 14.8 Å². The molecular formula is C18H18N4OS. The third-order valence-electron chi connectivity index (χ3n) is 3.21. The fraction of sp³-hybridized carbons (Fsp3) is 0.167. The predicted molar refractivity (Wildman–Crippen MR) is 96.7 cm³/mol. The molecule has 3 rings (SSSR count). The van der Waals surface area contributed by atoms with E-state index in [0.717, 1.165) is 16.3 Å². The monoisotopic (exact) mass is 338 g/mol. The topological polar surface area (TPSA) is 59.8 Å². The van der Waals surface area contributed by atoms with Gasteiger partial charge in [0.15, 0.2) is 0 Å². The summed E-state index contributed by atoms with van der Waals surface area (Å²) in [6.45, 7) is 4.23. The first-order valence-corrected chi connectivity index (χ1v) is 8.55. The molecule has 0 spiro atoms. The third-order valence-corrected chi connectivity index (χ3v) is 4.29. The third kappa shape index (κ3) is 3.83. The van der Waals surface area contributed by atoms with Crippen molar-refractivity contribution < 1.29 is 4.79 Å². The normalized spacial score (nSPS) is 10.8. The number of carbonyl (C=O) groups is 1. The molecule has 1 heterocycles. The van der Waals surface area contributed by atoms with Crippen LogP contribution in [0.25, 0.3) is 5.69 Å². The van der Waals surface area contributed by atoms with E-state index in [-0.39, 0.29) is 11.7 Å². The Kier molecular flexibility index (Phi) is 4.96. The van der Waals surface area contributed by atoms with Gasteiger partial charge in [0.1, 0.15) is 6.33 Å². The molecule has 0 radical (unpaired) electrons. The van der Waals surface area contributed by atoms with Gasteiger partial charge < -0.3 is 5.32 Å². The standard InChI is InChI=1S/C18H18N4OS/c1-13(2)24-16-11-7-6-10-15(16)20-18(23)17-19-12-22(21-17)14-8-4-3-5-9-14/h3-13H,1-2H3,(H,20,23). The highest BCUT2D eigenvalue weighted by molar-refractivity contribution is 8.00. The summed E-state index contributed by atoms with van der Waals surface area (Å²) in [6, 6.07) is 17.3. The zero-order chi connectivity index (χ0) is 16.9. The van der Waals surface area contributed by atoms with Gasteiger partial charge in [-0.2, -0.15) is 0 Å². The number of hydrogen-bond donors (Lipinski definition) is 1. The molecule has 0 fully saturated rings. The molecule has 0 unspecified atom stereocenters. The van der Waals surface area contributed by atoms with Crippen LogP contribution in [0.15, 0.2) is 65.8 Å². The van der Waals surface area contributed by atoms with Gasteiger partial charge in [-0.05, 0) is 24.3 Å². The summed E-state index contributed by atoms with van der Waals surface area (Å²) in [4.78, 5) is 17.6. The first-order valence-electron chi connectivity index (χ1n) is 7.67. The minimum absolute atomic E-state index is 0.142. The second kappa shape index (κ2) is 7.31. The lowest BCUT2D eigenvalue weighted by atomic mass is 10.3. The molecule has 0 aliphatic carbocycles. The fourth-order valence-corrected chi connectivity index (χ4v) is 3.09. The Morgan fingerprint density at radius 3 is 2.54 bits per heavy atom. The number of nitrogens with one attached hydrogen (secondary N) is 1.